The third kappa shape index (κ3) is 3.60. The van der Waals surface area contributed by atoms with E-state index >= 15 is 0 Å². The van der Waals surface area contributed by atoms with E-state index in [-0.39, 0.29) is 29.6 Å². The number of nitrogens with zero attached hydrogens (tertiary/aromatic N) is 2. The molecule has 2 aromatic rings. The number of rotatable bonds is 5. The molecule has 1 aromatic heterocycles. The molecule has 0 spiro atoms. The molecule has 136 valence electrons. The summed E-state index contributed by atoms with van der Waals surface area (Å²) in [6, 6.07) is 4.50. The number of piperazine rings is 1. The van der Waals surface area contributed by atoms with Crippen molar-refractivity contribution in [2.24, 2.45) is 0 Å². The van der Waals surface area contributed by atoms with Crippen LogP contribution in [0.5, 0.6) is 0 Å². The summed E-state index contributed by atoms with van der Waals surface area (Å²) in [5.74, 6) is 0.0257. The van der Waals surface area contributed by atoms with Crippen molar-refractivity contribution in [2.75, 3.05) is 39.8 Å². The number of fused-ring (bicyclic) bond motifs is 1. The second-order valence-electron chi connectivity index (χ2n) is 5.92. The number of nitrogens with one attached hydrogen (secondary N) is 3. The number of H-pyrrole nitrogens is 2. The van der Waals surface area contributed by atoms with E-state index in [2.05, 4.69) is 15.3 Å². The Morgan fingerprint density at radius 1 is 1.16 bits per heavy atom. The molecular weight excluding hydrogens is 346 g/mol. The van der Waals surface area contributed by atoms with Crippen LogP contribution in [0.15, 0.2) is 27.9 Å². The molecule has 0 aliphatic carbocycles. The van der Waals surface area contributed by atoms with Gasteiger partial charge in [0.05, 0.1) is 15.9 Å². The van der Waals surface area contributed by atoms with Gasteiger partial charge >= 0.3 is 5.69 Å². The van der Waals surface area contributed by atoms with Crippen molar-refractivity contribution in [2.45, 2.75) is 11.3 Å². The number of imidazole rings is 1. The number of hydrogen-bond acceptors (Lipinski definition) is 5. The average molecular weight is 367 g/mol. The number of hydrogen-bond donors (Lipinski definition) is 3. The van der Waals surface area contributed by atoms with Gasteiger partial charge in [0.25, 0.3) is 0 Å². The molecule has 0 radical (unpaired) electrons. The predicted molar refractivity (Wildman–Crippen MR) is 92.8 cm³/mol. The van der Waals surface area contributed by atoms with Gasteiger partial charge in [-0.1, -0.05) is 0 Å². The van der Waals surface area contributed by atoms with Crippen molar-refractivity contribution < 1.29 is 13.2 Å². The fraction of sp³-hybridized carbons (Fsp3) is 0.467. The summed E-state index contributed by atoms with van der Waals surface area (Å²) >= 11 is 0. The van der Waals surface area contributed by atoms with Crippen molar-refractivity contribution >= 4 is 27.0 Å². The highest BCUT2D eigenvalue weighted by molar-refractivity contribution is 7.89. The predicted octanol–water partition coefficient (Wildman–Crippen LogP) is -0.701. The highest BCUT2D eigenvalue weighted by Gasteiger charge is 2.30. The summed E-state index contributed by atoms with van der Waals surface area (Å²) in [5.41, 5.74) is 0.633. The van der Waals surface area contributed by atoms with Crippen LogP contribution in [0.3, 0.4) is 0 Å². The van der Waals surface area contributed by atoms with Crippen LogP contribution in [0.1, 0.15) is 6.42 Å². The first kappa shape index (κ1) is 17.6. The molecule has 10 heteroatoms. The van der Waals surface area contributed by atoms with Crippen LogP contribution in [-0.2, 0) is 14.8 Å². The van der Waals surface area contributed by atoms with Gasteiger partial charge in [0, 0.05) is 39.1 Å². The molecule has 3 N–H and O–H groups in total. The van der Waals surface area contributed by atoms with Gasteiger partial charge < -0.3 is 20.2 Å². The zero-order valence-electron chi connectivity index (χ0n) is 13.9. The average Bonchev–Trinajstić information content (AvgIpc) is 2.98. The quantitative estimate of drug-likeness (QED) is 0.646. The van der Waals surface area contributed by atoms with Crippen LogP contribution in [0.2, 0.25) is 0 Å². The van der Waals surface area contributed by atoms with E-state index in [1.54, 1.807) is 18.0 Å². The molecular formula is C15H21N5O4S. The van der Waals surface area contributed by atoms with Crippen LogP contribution in [-0.4, -0.2) is 73.3 Å². The van der Waals surface area contributed by atoms with Gasteiger partial charge in [-0.15, -0.1) is 0 Å². The molecule has 1 aromatic carbocycles. The maximum Gasteiger partial charge on any atom is 0.323 e. The molecule has 25 heavy (non-hydrogen) atoms. The summed E-state index contributed by atoms with van der Waals surface area (Å²) < 4.78 is 27.0. The molecule has 1 aliphatic rings. The van der Waals surface area contributed by atoms with Crippen LogP contribution < -0.4 is 11.0 Å². The Labute approximate surface area is 145 Å². The van der Waals surface area contributed by atoms with Gasteiger partial charge in [-0.3, -0.25) is 4.79 Å². The van der Waals surface area contributed by atoms with Crippen LogP contribution in [0.25, 0.3) is 11.0 Å². The second kappa shape index (κ2) is 6.98. The lowest BCUT2D eigenvalue weighted by Gasteiger charge is -2.34. The Balaban J connectivity index is 1.72. The number of sulfonamides is 1. The molecule has 0 unspecified atom stereocenters. The lowest BCUT2D eigenvalue weighted by atomic mass is 10.3. The minimum absolute atomic E-state index is 0.0257. The minimum atomic E-state index is -3.66. The third-order valence-electron chi connectivity index (χ3n) is 4.31. The highest BCUT2D eigenvalue weighted by Crippen LogP contribution is 2.20. The van der Waals surface area contributed by atoms with E-state index in [9.17, 15) is 18.0 Å². The second-order valence-corrected chi connectivity index (χ2v) is 7.86. The smallest absolute Gasteiger partial charge is 0.323 e. The normalized spacial score (nSPS) is 16.4. The van der Waals surface area contributed by atoms with Gasteiger partial charge in [0.15, 0.2) is 0 Å². The molecule has 1 amide bonds. The summed E-state index contributed by atoms with van der Waals surface area (Å²) in [6.45, 7) is 1.88. The third-order valence-corrected chi connectivity index (χ3v) is 6.20. The van der Waals surface area contributed by atoms with Crippen molar-refractivity contribution in [3.63, 3.8) is 0 Å². The number of carbonyl (C=O) groups excluding carboxylic acids is 1. The Morgan fingerprint density at radius 2 is 1.84 bits per heavy atom. The van der Waals surface area contributed by atoms with E-state index in [4.69, 9.17) is 0 Å². The molecule has 9 nitrogen and oxygen atoms in total. The summed E-state index contributed by atoms with van der Waals surface area (Å²) in [7, 11) is -1.88. The van der Waals surface area contributed by atoms with Crippen molar-refractivity contribution in [3.8, 4) is 0 Å². The highest BCUT2D eigenvalue weighted by atomic mass is 32.2. The van der Waals surface area contributed by atoms with Crippen LogP contribution in [0, 0.1) is 0 Å². The topological polar surface area (TPSA) is 118 Å². The maximum absolute atomic E-state index is 12.8. The summed E-state index contributed by atoms with van der Waals surface area (Å²) in [6.07, 6.45) is 0.404. The molecule has 1 fully saturated rings. The molecule has 1 saturated heterocycles. The fourth-order valence-electron chi connectivity index (χ4n) is 2.89. The Bertz CT molecular complexity index is 925. The maximum atomic E-state index is 12.8. The molecule has 0 atom stereocenters. The van der Waals surface area contributed by atoms with Gasteiger partial charge in [0.1, 0.15) is 0 Å². The molecule has 0 saturated carbocycles. The van der Waals surface area contributed by atoms with E-state index in [0.29, 0.717) is 37.1 Å². The summed E-state index contributed by atoms with van der Waals surface area (Å²) in [5, 5.41) is 2.93. The number of benzene rings is 1. The lowest BCUT2D eigenvalue weighted by molar-refractivity contribution is -0.132. The minimum Gasteiger partial charge on any atom is -0.340 e. The van der Waals surface area contributed by atoms with Gasteiger partial charge in [-0.25, -0.2) is 13.2 Å². The van der Waals surface area contributed by atoms with Crippen molar-refractivity contribution in [1.82, 2.24) is 24.5 Å². The zero-order chi connectivity index (χ0) is 18.0. The molecule has 3 rings (SSSR count). The van der Waals surface area contributed by atoms with Crippen molar-refractivity contribution in [3.05, 3.63) is 28.7 Å². The number of amides is 1. The van der Waals surface area contributed by atoms with Crippen LogP contribution >= 0.6 is 0 Å². The van der Waals surface area contributed by atoms with E-state index < -0.39 is 10.0 Å². The van der Waals surface area contributed by atoms with E-state index in [0.717, 1.165) is 0 Å². The first-order valence-electron chi connectivity index (χ1n) is 8.06. The lowest BCUT2D eigenvalue weighted by Crippen LogP contribution is -2.50. The molecule has 1 aliphatic heterocycles. The van der Waals surface area contributed by atoms with Crippen LogP contribution in [0.4, 0.5) is 0 Å². The largest absolute Gasteiger partial charge is 0.340 e. The Hall–Kier alpha value is -2.17. The first-order valence-corrected chi connectivity index (χ1v) is 9.50. The standard InChI is InChI=1S/C15H21N5O4S/c1-16-5-4-14(21)19-6-8-20(9-7-19)25(23,24)11-2-3-12-13(10-11)18-15(22)17-12/h2-3,10,16H,4-9H2,1H3,(H2,17,18,22). The molecule has 2 heterocycles. The Kier molecular flexibility index (Phi) is 4.93. The van der Waals surface area contributed by atoms with Crippen molar-refractivity contribution in [1.29, 1.82) is 0 Å². The molecule has 0 bridgehead atoms. The first-order chi connectivity index (χ1) is 11.9. The van der Waals surface area contributed by atoms with Gasteiger partial charge in [-0.05, 0) is 25.2 Å². The monoisotopic (exact) mass is 367 g/mol. The fourth-order valence-corrected chi connectivity index (χ4v) is 4.34. The number of aromatic amines is 2. The number of carbonyl (C=O) groups is 1. The Morgan fingerprint density at radius 3 is 2.52 bits per heavy atom. The summed E-state index contributed by atoms with van der Waals surface area (Å²) in [4.78, 5) is 30.3. The SMILES string of the molecule is CNCCC(=O)N1CCN(S(=O)(=O)c2ccc3[nH]c(=O)[nH]c3c2)CC1. The van der Waals surface area contributed by atoms with E-state index in [1.165, 1.54) is 16.4 Å². The van der Waals surface area contributed by atoms with E-state index in [1.807, 2.05) is 0 Å². The number of aromatic nitrogens is 2. The van der Waals surface area contributed by atoms with Gasteiger partial charge in [-0.2, -0.15) is 4.31 Å². The van der Waals surface area contributed by atoms with Gasteiger partial charge in [0.2, 0.25) is 15.9 Å². The zero-order valence-corrected chi connectivity index (χ0v) is 14.7.